The lowest BCUT2D eigenvalue weighted by Gasteiger charge is -2.21. The van der Waals surface area contributed by atoms with E-state index in [2.05, 4.69) is 19.2 Å². The van der Waals surface area contributed by atoms with Crippen molar-refractivity contribution in [2.75, 3.05) is 0 Å². The van der Waals surface area contributed by atoms with E-state index in [9.17, 15) is 9.18 Å². The summed E-state index contributed by atoms with van der Waals surface area (Å²) >= 11 is 0. The number of carboxylic acids is 1. The molecule has 0 amide bonds. The van der Waals surface area contributed by atoms with Crippen molar-refractivity contribution in [3.63, 3.8) is 0 Å². The monoisotopic (exact) mass is 279 g/mol. The summed E-state index contributed by atoms with van der Waals surface area (Å²) in [6, 6.07) is 4.80. The van der Waals surface area contributed by atoms with E-state index < -0.39 is 11.8 Å². The van der Waals surface area contributed by atoms with Crippen LogP contribution in [0, 0.1) is 17.7 Å². The van der Waals surface area contributed by atoms with Crippen molar-refractivity contribution in [2.45, 2.75) is 45.7 Å². The van der Waals surface area contributed by atoms with Crippen molar-refractivity contribution in [3.05, 3.63) is 35.1 Å². The van der Waals surface area contributed by atoms with Crippen LogP contribution < -0.4 is 5.32 Å². The van der Waals surface area contributed by atoms with Crippen LogP contribution in [0.2, 0.25) is 0 Å². The molecule has 0 bridgehead atoms. The van der Waals surface area contributed by atoms with Crippen LogP contribution in [-0.4, -0.2) is 17.1 Å². The Morgan fingerprint density at radius 1 is 1.45 bits per heavy atom. The Labute approximate surface area is 119 Å². The van der Waals surface area contributed by atoms with Gasteiger partial charge in [-0.15, -0.1) is 0 Å². The maximum absolute atomic E-state index is 13.6. The third-order valence-corrected chi connectivity index (χ3v) is 4.58. The van der Waals surface area contributed by atoms with E-state index in [1.165, 1.54) is 25.0 Å². The molecule has 4 heteroatoms. The van der Waals surface area contributed by atoms with Crippen molar-refractivity contribution < 1.29 is 14.3 Å². The van der Waals surface area contributed by atoms with Gasteiger partial charge >= 0.3 is 5.97 Å². The predicted octanol–water partition coefficient (Wildman–Crippen LogP) is 3.44. The van der Waals surface area contributed by atoms with Crippen LogP contribution >= 0.6 is 0 Å². The van der Waals surface area contributed by atoms with Crippen LogP contribution in [-0.2, 0) is 6.54 Å². The fourth-order valence-corrected chi connectivity index (χ4v) is 3.20. The Morgan fingerprint density at radius 2 is 2.20 bits per heavy atom. The van der Waals surface area contributed by atoms with Gasteiger partial charge in [-0.1, -0.05) is 26.3 Å². The second-order valence-corrected chi connectivity index (χ2v) is 5.71. The minimum absolute atomic E-state index is 0.269. The highest BCUT2D eigenvalue weighted by molar-refractivity contribution is 5.87. The van der Waals surface area contributed by atoms with E-state index in [1.54, 1.807) is 6.07 Å². The molecule has 1 aliphatic rings. The number of halogens is 1. The first-order chi connectivity index (χ1) is 9.52. The van der Waals surface area contributed by atoms with Crippen molar-refractivity contribution in [3.8, 4) is 0 Å². The third-order valence-electron chi connectivity index (χ3n) is 4.58. The van der Waals surface area contributed by atoms with Gasteiger partial charge in [0, 0.05) is 12.6 Å². The molecule has 1 aromatic carbocycles. The zero-order valence-electron chi connectivity index (χ0n) is 12.0. The lowest BCUT2D eigenvalue weighted by Crippen LogP contribution is -2.32. The van der Waals surface area contributed by atoms with Gasteiger partial charge in [-0.3, -0.25) is 0 Å². The first kappa shape index (κ1) is 15.0. The highest BCUT2D eigenvalue weighted by Crippen LogP contribution is 2.33. The maximum Gasteiger partial charge on any atom is 0.338 e. The number of carboxylic acid groups (broad SMARTS) is 1. The van der Waals surface area contributed by atoms with E-state index in [0.717, 1.165) is 17.9 Å². The van der Waals surface area contributed by atoms with Crippen LogP contribution in [0.25, 0.3) is 0 Å². The molecule has 1 fully saturated rings. The molecule has 0 spiro atoms. The first-order valence-corrected chi connectivity index (χ1v) is 7.28. The van der Waals surface area contributed by atoms with Gasteiger partial charge < -0.3 is 10.4 Å². The molecule has 2 rings (SSSR count). The highest BCUT2D eigenvalue weighted by Gasteiger charge is 2.30. The molecule has 0 heterocycles. The van der Waals surface area contributed by atoms with Gasteiger partial charge in [-0.25, -0.2) is 9.18 Å². The SMILES string of the molecule is CCC1CCC(NCc2ccc(C(=O)O)c(F)c2)C1C. The number of rotatable bonds is 5. The van der Waals surface area contributed by atoms with Gasteiger partial charge in [0.2, 0.25) is 0 Å². The average Bonchev–Trinajstić information content (AvgIpc) is 2.76. The molecule has 2 N–H and O–H groups in total. The fraction of sp³-hybridized carbons (Fsp3) is 0.562. The molecule has 20 heavy (non-hydrogen) atoms. The fourth-order valence-electron chi connectivity index (χ4n) is 3.20. The number of carbonyl (C=O) groups is 1. The quantitative estimate of drug-likeness (QED) is 0.868. The van der Waals surface area contributed by atoms with Crippen molar-refractivity contribution in [1.29, 1.82) is 0 Å². The molecule has 1 saturated carbocycles. The minimum Gasteiger partial charge on any atom is -0.478 e. The molecule has 110 valence electrons. The Kier molecular flexibility index (Phi) is 4.76. The van der Waals surface area contributed by atoms with Crippen LogP contribution in [0.15, 0.2) is 18.2 Å². The average molecular weight is 279 g/mol. The molecule has 0 saturated heterocycles. The van der Waals surface area contributed by atoms with E-state index in [0.29, 0.717) is 18.5 Å². The van der Waals surface area contributed by atoms with E-state index in [1.807, 2.05) is 0 Å². The topological polar surface area (TPSA) is 49.3 Å². The van der Waals surface area contributed by atoms with Crippen LogP contribution in [0.1, 0.15) is 49.0 Å². The third kappa shape index (κ3) is 3.18. The number of benzene rings is 1. The van der Waals surface area contributed by atoms with Crippen molar-refractivity contribution in [2.24, 2.45) is 11.8 Å². The Morgan fingerprint density at radius 3 is 2.75 bits per heavy atom. The predicted molar refractivity (Wildman–Crippen MR) is 76.2 cm³/mol. The lowest BCUT2D eigenvalue weighted by molar-refractivity contribution is 0.0692. The number of aromatic carboxylic acids is 1. The van der Waals surface area contributed by atoms with Crippen LogP contribution in [0.5, 0.6) is 0 Å². The Hall–Kier alpha value is -1.42. The molecule has 0 radical (unpaired) electrons. The Bertz CT molecular complexity index is 489. The summed E-state index contributed by atoms with van der Waals surface area (Å²) in [4.78, 5) is 10.8. The number of hydrogen-bond donors (Lipinski definition) is 2. The van der Waals surface area contributed by atoms with Crippen molar-refractivity contribution in [1.82, 2.24) is 5.32 Å². The summed E-state index contributed by atoms with van der Waals surface area (Å²) in [5, 5.41) is 12.3. The van der Waals surface area contributed by atoms with Crippen molar-refractivity contribution >= 4 is 5.97 Å². The van der Waals surface area contributed by atoms with Crippen LogP contribution in [0.3, 0.4) is 0 Å². The largest absolute Gasteiger partial charge is 0.478 e. The summed E-state index contributed by atoms with van der Waals surface area (Å²) in [6.07, 6.45) is 3.62. The van der Waals surface area contributed by atoms with Gasteiger partial charge in [-0.05, 0) is 42.4 Å². The molecule has 3 nitrogen and oxygen atoms in total. The first-order valence-electron chi connectivity index (χ1n) is 7.28. The van der Waals surface area contributed by atoms with Crippen LogP contribution in [0.4, 0.5) is 4.39 Å². The number of hydrogen-bond acceptors (Lipinski definition) is 2. The van der Waals surface area contributed by atoms with Gasteiger partial charge in [0.15, 0.2) is 0 Å². The molecule has 1 aromatic rings. The smallest absolute Gasteiger partial charge is 0.338 e. The second kappa shape index (κ2) is 6.35. The maximum atomic E-state index is 13.6. The molecule has 0 aliphatic heterocycles. The normalized spacial score (nSPS) is 25.9. The zero-order chi connectivity index (χ0) is 14.7. The molecule has 0 aromatic heterocycles. The molecule has 3 atom stereocenters. The molecule has 3 unspecified atom stereocenters. The second-order valence-electron chi connectivity index (χ2n) is 5.71. The lowest BCUT2D eigenvalue weighted by atomic mass is 9.93. The van der Waals surface area contributed by atoms with Gasteiger partial charge in [0.1, 0.15) is 5.82 Å². The summed E-state index contributed by atoms with van der Waals surface area (Å²) in [7, 11) is 0. The minimum atomic E-state index is -1.22. The van der Waals surface area contributed by atoms with Gasteiger partial charge in [0.05, 0.1) is 5.56 Å². The van der Waals surface area contributed by atoms with E-state index >= 15 is 0 Å². The highest BCUT2D eigenvalue weighted by atomic mass is 19.1. The standard InChI is InChI=1S/C16H22FNO2/c1-3-12-5-7-15(10(12)2)18-9-11-4-6-13(16(19)20)14(17)8-11/h4,6,8,10,12,15,18H,3,5,7,9H2,1-2H3,(H,19,20). The molecular weight excluding hydrogens is 257 g/mol. The summed E-state index contributed by atoms with van der Waals surface area (Å²) < 4.78 is 13.6. The molecule has 1 aliphatic carbocycles. The van der Waals surface area contributed by atoms with E-state index in [4.69, 9.17) is 5.11 Å². The summed E-state index contributed by atoms with van der Waals surface area (Å²) in [5.74, 6) is -0.471. The zero-order valence-corrected chi connectivity index (χ0v) is 12.0. The molecular formula is C16H22FNO2. The number of nitrogens with one attached hydrogen (secondary N) is 1. The Balaban J connectivity index is 1.95. The van der Waals surface area contributed by atoms with Gasteiger partial charge in [0.25, 0.3) is 0 Å². The van der Waals surface area contributed by atoms with E-state index in [-0.39, 0.29) is 5.56 Å². The summed E-state index contributed by atoms with van der Waals surface area (Å²) in [5.41, 5.74) is 0.522. The summed E-state index contributed by atoms with van der Waals surface area (Å²) in [6.45, 7) is 5.08. The van der Waals surface area contributed by atoms with Gasteiger partial charge in [-0.2, -0.15) is 0 Å².